The fourth-order valence-corrected chi connectivity index (χ4v) is 2.51. The molecule has 2 atom stereocenters. The van der Waals surface area contributed by atoms with Crippen LogP contribution in [0.1, 0.15) is 31.7 Å². The van der Waals surface area contributed by atoms with Crippen molar-refractivity contribution >= 4 is 5.97 Å². The average molecular weight is 309 g/mol. The molecule has 0 saturated heterocycles. The topological polar surface area (TPSA) is 70.8 Å². The molecular weight excluding hydrogens is 282 g/mol. The molecule has 2 N–H and O–H groups in total. The van der Waals surface area contributed by atoms with Crippen molar-refractivity contribution in [1.82, 2.24) is 0 Å². The largest absolute Gasteiger partial charge is 0.497 e. The maximum atomic E-state index is 11.4. The summed E-state index contributed by atoms with van der Waals surface area (Å²) in [6.07, 6.45) is 3.44. The molecule has 2 unspecified atom stereocenters. The van der Waals surface area contributed by atoms with Crippen LogP contribution in [-0.4, -0.2) is 33.3 Å². The van der Waals surface area contributed by atoms with Gasteiger partial charge in [-0.1, -0.05) is 19.4 Å². The van der Waals surface area contributed by atoms with Crippen LogP contribution in [0.5, 0.6) is 11.5 Å². The monoisotopic (exact) mass is 309 g/mol. The van der Waals surface area contributed by atoms with Crippen LogP contribution in [0.3, 0.4) is 0 Å². The van der Waals surface area contributed by atoms with E-state index in [1.54, 1.807) is 14.2 Å². The highest BCUT2D eigenvalue weighted by atomic mass is 16.5. The van der Waals surface area contributed by atoms with E-state index in [1.165, 1.54) is 7.11 Å². The molecule has 5 nitrogen and oxygen atoms in total. The number of rotatable bonds is 9. The molecule has 0 saturated carbocycles. The molecule has 0 fully saturated rings. The van der Waals surface area contributed by atoms with Crippen molar-refractivity contribution in [1.29, 1.82) is 0 Å². The van der Waals surface area contributed by atoms with E-state index >= 15 is 0 Å². The molecule has 0 aliphatic carbocycles. The van der Waals surface area contributed by atoms with Crippen molar-refractivity contribution in [2.45, 2.75) is 38.6 Å². The molecule has 0 aromatic heterocycles. The van der Waals surface area contributed by atoms with Crippen LogP contribution in [0, 0.1) is 5.92 Å². The summed E-state index contributed by atoms with van der Waals surface area (Å²) >= 11 is 0. The Balaban J connectivity index is 2.64. The molecular formula is C17H27NO4. The Morgan fingerprint density at radius 2 is 1.95 bits per heavy atom. The van der Waals surface area contributed by atoms with Gasteiger partial charge in [0.05, 0.1) is 21.3 Å². The molecule has 22 heavy (non-hydrogen) atoms. The van der Waals surface area contributed by atoms with Crippen molar-refractivity contribution in [3.05, 3.63) is 23.8 Å². The Hall–Kier alpha value is -1.75. The third-order valence-electron chi connectivity index (χ3n) is 3.98. The maximum Gasteiger partial charge on any atom is 0.322 e. The van der Waals surface area contributed by atoms with Crippen LogP contribution < -0.4 is 15.2 Å². The Morgan fingerprint density at radius 1 is 1.23 bits per heavy atom. The Bertz CT molecular complexity index is 476. The number of hydrogen-bond acceptors (Lipinski definition) is 5. The Morgan fingerprint density at radius 3 is 2.50 bits per heavy atom. The molecule has 0 radical (unpaired) electrons. The zero-order valence-electron chi connectivity index (χ0n) is 13.9. The van der Waals surface area contributed by atoms with Gasteiger partial charge in [0.2, 0.25) is 0 Å². The molecule has 5 heteroatoms. The lowest BCUT2D eigenvalue weighted by atomic mass is 9.91. The third kappa shape index (κ3) is 5.22. The summed E-state index contributed by atoms with van der Waals surface area (Å²) in [4.78, 5) is 11.4. The van der Waals surface area contributed by atoms with Gasteiger partial charge in [0, 0.05) is 6.07 Å². The minimum absolute atomic E-state index is 0.347. The van der Waals surface area contributed by atoms with E-state index in [9.17, 15) is 4.79 Å². The second-order valence-electron chi connectivity index (χ2n) is 5.36. The zero-order valence-corrected chi connectivity index (χ0v) is 13.9. The van der Waals surface area contributed by atoms with E-state index in [1.807, 2.05) is 18.2 Å². The van der Waals surface area contributed by atoms with Gasteiger partial charge in [-0.3, -0.25) is 4.79 Å². The normalized spacial score (nSPS) is 13.3. The summed E-state index contributed by atoms with van der Waals surface area (Å²) in [5, 5.41) is 0. The summed E-state index contributed by atoms with van der Waals surface area (Å²) in [6.45, 7) is 2.11. The standard InChI is InChI=1S/C17H27NO4/c1-5-12(10-15(18)17(19)22-4)6-7-13-8-9-14(20-2)11-16(13)21-3/h8-9,11-12,15H,5-7,10,18H2,1-4H3. The highest BCUT2D eigenvalue weighted by Crippen LogP contribution is 2.27. The van der Waals surface area contributed by atoms with Crippen molar-refractivity contribution in [2.75, 3.05) is 21.3 Å². The number of methoxy groups -OCH3 is 3. The zero-order chi connectivity index (χ0) is 16.5. The Labute approximate surface area is 132 Å². The first kappa shape index (κ1) is 18.3. The number of nitrogens with two attached hydrogens (primary N) is 1. The van der Waals surface area contributed by atoms with Crippen molar-refractivity contribution in [3.8, 4) is 11.5 Å². The highest BCUT2D eigenvalue weighted by Gasteiger charge is 2.19. The van der Waals surface area contributed by atoms with Gasteiger partial charge in [0.25, 0.3) is 0 Å². The summed E-state index contributed by atoms with van der Waals surface area (Å²) < 4.78 is 15.3. The maximum absolute atomic E-state index is 11.4. The molecule has 0 aliphatic rings. The molecule has 1 aromatic rings. The van der Waals surface area contributed by atoms with E-state index in [-0.39, 0.29) is 5.97 Å². The van der Waals surface area contributed by atoms with E-state index in [0.717, 1.165) is 36.3 Å². The number of ether oxygens (including phenoxy) is 3. The molecule has 124 valence electrons. The fraction of sp³-hybridized carbons (Fsp3) is 0.588. The van der Waals surface area contributed by atoms with E-state index < -0.39 is 6.04 Å². The van der Waals surface area contributed by atoms with E-state index in [2.05, 4.69) is 11.7 Å². The Kier molecular flexibility index (Phi) is 7.74. The number of esters is 1. The molecule has 1 aromatic carbocycles. The van der Waals surface area contributed by atoms with Crippen LogP contribution in [0.4, 0.5) is 0 Å². The van der Waals surface area contributed by atoms with Crippen LogP contribution in [0.2, 0.25) is 0 Å². The van der Waals surface area contributed by atoms with Gasteiger partial charge in [-0.2, -0.15) is 0 Å². The second-order valence-corrected chi connectivity index (χ2v) is 5.36. The van der Waals surface area contributed by atoms with Crippen molar-refractivity contribution < 1.29 is 19.0 Å². The van der Waals surface area contributed by atoms with Gasteiger partial charge in [-0.25, -0.2) is 0 Å². The van der Waals surface area contributed by atoms with Gasteiger partial charge in [0.15, 0.2) is 0 Å². The van der Waals surface area contributed by atoms with Crippen molar-refractivity contribution in [3.63, 3.8) is 0 Å². The van der Waals surface area contributed by atoms with Gasteiger partial charge in [-0.05, 0) is 36.8 Å². The van der Waals surface area contributed by atoms with Gasteiger partial charge in [0.1, 0.15) is 17.5 Å². The molecule has 0 heterocycles. The van der Waals surface area contributed by atoms with E-state index in [0.29, 0.717) is 12.3 Å². The van der Waals surface area contributed by atoms with Gasteiger partial charge >= 0.3 is 5.97 Å². The lowest BCUT2D eigenvalue weighted by Crippen LogP contribution is -2.33. The number of carbonyl (C=O) groups excluding carboxylic acids is 1. The highest BCUT2D eigenvalue weighted by molar-refractivity contribution is 5.75. The summed E-state index contributed by atoms with van der Waals surface area (Å²) in [6, 6.07) is 5.29. The average Bonchev–Trinajstić information content (AvgIpc) is 2.57. The quantitative estimate of drug-likeness (QED) is 0.710. The number of aryl methyl sites for hydroxylation is 1. The first-order valence-corrected chi connectivity index (χ1v) is 7.59. The van der Waals surface area contributed by atoms with Crippen LogP contribution in [0.15, 0.2) is 18.2 Å². The lowest BCUT2D eigenvalue weighted by Gasteiger charge is -2.19. The number of carbonyl (C=O) groups is 1. The molecule has 0 aliphatic heterocycles. The predicted octanol–water partition coefficient (Wildman–Crippen LogP) is 2.55. The van der Waals surface area contributed by atoms with Gasteiger partial charge < -0.3 is 19.9 Å². The SMILES string of the molecule is CCC(CCc1ccc(OC)cc1OC)CC(N)C(=O)OC. The smallest absolute Gasteiger partial charge is 0.322 e. The first-order chi connectivity index (χ1) is 10.5. The molecule has 1 rings (SSSR count). The number of benzene rings is 1. The summed E-state index contributed by atoms with van der Waals surface area (Å²) in [5.41, 5.74) is 6.98. The van der Waals surface area contributed by atoms with Crippen molar-refractivity contribution in [2.24, 2.45) is 11.7 Å². The summed E-state index contributed by atoms with van der Waals surface area (Å²) in [5.74, 6) is 1.63. The second kappa shape index (κ2) is 9.30. The minimum atomic E-state index is -0.548. The fourth-order valence-electron chi connectivity index (χ4n) is 2.51. The minimum Gasteiger partial charge on any atom is -0.497 e. The van der Waals surface area contributed by atoms with Crippen LogP contribution in [-0.2, 0) is 16.0 Å². The summed E-state index contributed by atoms with van der Waals surface area (Å²) in [7, 11) is 4.66. The predicted molar refractivity (Wildman–Crippen MR) is 86.3 cm³/mol. The van der Waals surface area contributed by atoms with Gasteiger partial charge in [-0.15, -0.1) is 0 Å². The third-order valence-corrected chi connectivity index (χ3v) is 3.98. The van der Waals surface area contributed by atoms with Crippen LogP contribution >= 0.6 is 0 Å². The van der Waals surface area contributed by atoms with E-state index in [4.69, 9.17) is 15.2 Å². The molecule has 0 amide bonds. The lowest BCUT2D eigenvalue weighted by molar-refractivity contribution is -0.142. The first-order valence-electron chi connectivity index (χ1n) is 7.59. The molecule has 0 bridgehead atoms. The molecule has 0 spiro atoms. The number of hydrogen-bond donors (Lipinski definition) is 1. The van der Waals surface area contributed by atoms with Crippen LogP contribution in [0.25, 0.3) is 0 Å².